The molecule has 0 spiro atoms. The van der Waals surface area contributed by atoms with Gasteiger partial charge in [-0.1, -0.05) is 53.1 Å². The second-order valence-corrected chi connectivity index (χ2v) is 12.2. The molecule has 192 valence electrons. The van der Waals surface area contributed by atoms with E-state index in [0.717, 1.165) is 16.7 Å². The molecule has 0 heterocycles. The van der Waals surface area contributed by atoms with Crippen LogP contribution in [0.4, 0.5) is 0 Å². The minimum atomic E-state index is -4.17. The first kappa shape index (κ1) is 26.7. The Balaban J connectivity index is 1.49. The van der Waals surface area contributed by atoms with E-state index in [-0.39, 0.29) is 11.5 Å². The van der Waals surface area contributed by atoms with Gasteiger partial charge in [-0.05, 0) is 81.4 Å². The van der Waals surface area contributed by atoms with Crippen LogP contribution in [0.3, 0.4) is 0 Å². The Labute approximate surface area is 220 Å². The van der Waals surface area contributed by atoms with E-state index in [1.54, 1.807) is 48.5 Å². The lowest BCUT2D eigenvalue weighted by Crippen LogP contribution is -2.07. The number of aryl methyl sites for hydroxylation is 3. The molecular weight excluding hydrogens is 534 g/mol. The number of rotatable bonds is 10. The van der Waals surface area contributed by atoms with Crippen molar-refractivity contribution in [1.29, 1.82) is 0 Å². The molecule has 7 nitrogen and oxygen atoms in total. The summed E-state index contributed by atoms with van der Waals surface area (Å²) in [5.74, 6) is 1.27. The van der Waals surface area contributed by atoms with Gasteiger partial charge in [0.1, 0.15) is 28.7 Å². The Morgan fingerprint density at radius 3 is 0.919 bits per heavy atom. The topological polar surface area (TPSA) is 80.3 Å². The normalized spacial score (nSPS) is 12.8. The molecule has 4 rings (SSSR count). The summed E-state index contributed by atoms with van der Waals surface area (Å²) in [5.41, 5.74) is 3.05. The Kier molecular flexibility index (Phi) is 8.19. The molecule has 0 aliphatic rings. The fourth-order valence-corrected chi connectivity index (χ4v) is 5.59. The van der Waals surface area contributed by atoms with Gasteiger partial charge in [0.2, 0.25) is 0 Å². The van der Waals surface area contributed by atoms with Crippen LogP contribution in [0.25, 0.3) is 0 Å². The lowest BCUT2D eigenvalue weighted by atomic mass is 10.2. The lowest BCUT2D eigenvalue weighted by molar-refractivity contribution is 0.298. The molecule has 10 heteroatoms. The Hall–Kier alpha value is -3.37. The molecule has 1 unspecified atom stereocenters. The molecule has 0 saturated heterocycles. The molecule has 0 radical (unpaired) electrons. The van der Waals surface area contributed by atoms with Gasteiger partial charge in [-0.2, -0.15) is 4.57 Å². The van der Waals surface area contributed by atoms with Crippen molar-refractivity contribution in [2.45, 2.75) is 20.8 Å². The fraction of sp³-hybridized carbons (Fsp3) is 0.111. The zero-order valence-corrected chi connectivity index (χ0v) is 22.9. The van der Waals surface area contributed by atoms with Gasteiger partial charge in [-0.15, -0.1) is 0 Å². The number of phosphoric ester groups is 1. The molecule has 0 saturated carbocycles. The number of hydrogen-bond acceptors (Lipinski definition) is 7. The van der Waals surface area contributed by atoms with Gasteiger partial charge in [-0.25, -0.2) is 4.57 Å². The summed E-state index contributed by atoms with van der Waals surface area (Å²) in [4.78, 5) is 0. The largest absolute Gasteiger partial charge is 0.647 e. The molecule has 0 aliphatic carbocycles. The van der Waals surface area contributed by atoms with E-state index in [1.807, 2.05) is 45.0 Å². The maximum Gasteiger partial charge on any atom is 0.647 e. The van der Waals surface area contributed by atoms with E-state index in [9.17, 15) is 9.13 Å². The molecule has 0 aliphatic heterocycles. The minimum Gasteiger partial charge on any atom is -0.405 e. The fourth-order valence-electron chi connectivity index (χ4n) is 3.07. The first-order valence-electron chi connectivity index (χ1n) is 11.3. The quantitative estimate of drug-likeness (QED) is 0.180. The summed E-state index contributed by atoms with van der Waals surface area (Å²) in [6, 6.07) is 26.7. The zero-order valence-electron chi connectivity index (χ0n) is 20.4. The van der Waals surface area contributed by atoms with Crippen LogP contribution in [-0.4, -0.2) is 0 Å². The van der Waals surface area contributed by atoms with Gasteiger partial charge in [0.15, 0.2) is 0 Å². The van der Waals surface area contributed by atoms with Crippen LogP contribution in [0.1, 0.15) is 16.7 Å². The summed E-state index contributed by atoms with van der Waals surface area (Å²) < 4.78 is 53.9. The van der Waals surface area contributed by atoms with E-state index >= 15 is 0 Å². The number of halogens is 1. The molecule has 0 amide bonds. The predicted molar refractivity (Wildman–Crippen MR) is 144 cm³/mol. The van der Waals surface area contributed by atoms with Crippen molar-refractivity contribution in [3.8, 4) is 28.7 Å². The number of benzene rings is 4. The van der Waals surface area contributed by atoms with Crippen molar-refractivity contribution in [2.75, 3.05) is 0 Å². The van der Waals surface area contributed by atoms with Gasteiger partial charge >= 0.3 is 14.8 Å². The standard InChI is InChI=1S/C27H25ClO7P2/c1-20-4-10-23(11-5-20)31-36(28,29)32-24-16-18-27(19-17-24)35-37(30,33-25-12-6-21(2)7-13-25)34-26-14-8-22(3)9-15-26/h4-19H,1-3H3. The third-order valence-corrected chi connectivity index (χ3v) is 7.54. The Morgan fingerprint density at radius 2 is 0.649 bits per heavy atom. The van der Waals surface area contributed by atoms with Crippen LogP contribution in [-0.2, 0) is 9.13 Å². The highest BCUT2D eigenvalue weighted by Gasteiger charge is 2.33. The van der Waals surface area contributed by atoms with Crippen LogP contribution in [0.5, 0.6) is 28.7 Å². The number of hydrogen-bond donors (Lipinski definition) is 0. The molecule has 0 aromatic heterocycles. The van der Waals surface area contributed by atoms with E-state index in [4.69, 9.17) is 33.9 Å². The second-order valence-electron chi connectivity index (χ2n) is 8.24. The second kappa shape index (κ2) is 11.4. The highest BCUT2D eigenvalue weighted by atomic mass is 35.7. The van der Waals surface area contributed by atoms with E-state index in [1.165, 1.54) is 24.3 Å². The monoisotopic (exact) mass is 558 g/mol. The molecular formula is C27H25ClO7P2. The van der Waals surface area contributed by atoms with Crippen LogP contribution in [0, 0.1) is 20.8 Å². The first-order valence-corrected chi connectivity index (χ1v) is 15.2. The van der Waals surface area contributed by atoms with Crippen LogP contribution < -0.4 is 22.6 Å². The Bertz CT molecular complexity index is 1370. The summed E-state index contributed by atoms with van der Waals surface area (Å²) >= 11 is 5.99. The van der Waals surface area contributed by atoms with Gasteiger partial charge < -0.3 is 22.6 Å². The highest BCUT2D eigenvalue weighted by molar-refractivity contribution is 7.82. The van der Waals surface area contributed by atoms with E-state index in [2.05, 4.69) is 0 Å². The molecule has 37 heavy (non-hydrogen) atoms. The van der Waals surface area contributed by atoms with Crippen LogP contribution >= 0.6 is 26.0 Å². The SMILES string of the molecule is Cc1ccc(OP(=O)(Cl)Oc2ccc(OP(=O)(Oc3ccc(C)cc3)Oc3ccc(C)cc3)cc2)cc1. The Morgan fingerprint density at radius 1 is 0.432 bits per heavy atom. The zero-order chi connectivity index (χ0) is 26.5. The molecule has 0 bridgehead atoms. The maximum absolute atomic E-state index is 13.6. The summed E-state index contributed by atoms with van der Waals surface area (Å²) in [6.45, 7) is 1.79. The average Bonchev–Trinajstić information content (AvgIpc) is 2.84. The van der Waals surface area contributed by atoms with Gasteiger partial charge in [0.05, 0.1) is 0 Å². The smallest absolute Gasteiger partial charge is 0.405 e. The average molecular weight is 559 g/mol. The number of phosphoric acid groups is 1. The third-order valence-electron chi connectivity index (χ3n) is 4.97. The van der Waals surface area contributed by atoms with Gasteiger partial charge in [-0.3, -0.25) is 0 Å². The predicted octanol–water partition coefficient (Wildman–Crippen LogP) is 9.06. The van der Waals surface area contributed by atoms with Crippen molar-refractivity contribution < 1.29 is 31.7 Å². The summed E-state index contributed by atoms with van der Waals surface area (Å²) in [7, 11) is -4.17. The van der Waals surface area contributed by atoms with Gasteiger partial charge in [0.25, 0.3) is 0 Å². The van der Waals surface area contributed by atoms with E-state index in [0.29, 0.717) is 17.2 Å². The summed E-state index contributed by atoms with van der Waals surface area (Å²) in [5, 5.41) is 0. The minimum absolute atomic E-state index is 0.159. The molecule has 4 aromatic carbocycles. The van der Waals surface area contributed by atoms with Gasteiger partial charge in [0, 0.05) is 11.2 Å². The van der Waals surface area contributed by atoms with Crippen molar-refractivity contribution in [3.63, 3.8) is 0 Å². The summed E-state index contributed by atoms with van der Waals surface area (Å²) in [6.07, 6.45) is 0. The molecule has 1 atom stereocenters. The van der Waals surface area contributed by atoms with E-state index < -0.39 is 14.8 Å². The third kappa shape index (κ3) is 8.06. The van der Waals surface area contributed by atoms with Crippen molar-refractivity contribution in [1.82, 2.24) is 0 Å². The molecule has 0 fully saturated rings. The van der Waals surface area contributed by atoms with Crippen molar-refractivity contribution in [3.05, 3.63) is 114 Å². The molecule has 4 aromatic rings. The van der Waals surface area contributed by atoms with Crippen molar-refractivity contribution in [2.24, 2.45) is 0 Å². The molecule has 0 N–H and O–H groups in total. The van der Waals surface area contributed by atoms with Crippen LogP contribution in [0.2, 0.25) is 0 Å². The first-order chi connectivity index (χ1) is 17.6. The highest BCUT2D eigenvalue weighted by Crippen LogP contribution is 2.54. The lowest BCUT2D eigenvalue weighted by Gasteiger charge is -2.20. The van der Waals surface area contributed by atoms with Crippen molar-refractivity contribution >= 4 is 26.0 Å². The van der Waals surface area contributed by atoms with Crippen LogP contribution in [0.15, 0.2) is 97.1 Å². The maximum atomic E-state index is 13.6.